The summed E-state index contributed by atoms with van der Waals surface area (Å²) in [6.45, 7) is 2.92. The molecule has 0 saturated heterocycles. The van der Waals surface area contributed by atoms with Gasteiger partial charge in [0.1, 0.15) is 0 Å². The van der Waals surface area contributed by atoms with Crippen LogP contribution in [0.5, 0.6) is 0 Å². The molecule has 2 fully saturated rings. The largest absolute Gasteiger partial charge is 0.275 e. The van der Waals surface area contributed by atoms with Gasteiger partial charge >= 0.3 is 0 Å². The van der Waals surface area contributed by atoms with Gasteiger partial charge in [-0.15, -0.1) is 0 Å². The van der Waals surface area contributed by atoms with Crippen molar-refractivity contribution < 1.29 is 9.59 Å². The summed E-state index contributed by atoms with van der Waals surface area (Å²) >= 11 is 0. The van der Waals surface area contributed by atoms with Gasteiger partial charge in [-0.3, -0.25) is 14.5 Å². The molecule has 3 nitrogen and oxygen atoms in total. The third-order valence-corrected chi connectivity index (χ3v) is 5.55. The highest BCUT2D eigenvalue weighted by Gasteiger charge is 2.45. The van der Waals surface area contributed by atoms with Crippen molar-refractivity contribution in [1.29, 1.82) is 0 Å². The van der Waals surface area contributed by atoms with Gasteiger partial charge in [-0.25, -0.2) is 0 Å². The van der Waals surface area contributed by atoms with E-state index in [2.05, 4.69) is 6.92 Å². The first kappa shape index (κ1) is 12.9. The molecule has 2 amide bonds. The van der Waals surface area contributed by atoms with Crippen LogP contribution in [-0.4, -0.2) is 23.3 Å². The van der Waals surface area contributed by atoms with Crippen molar-refractivity contribution in [3.63, 3.8) is 0 Å². The monoisotopic (exact) mass is 261 g/mol. The maximum atomic E-state index is 11.8. The van der Waals surface area contributed by atoms with E-state index in [1.165, 1.54) is 55.6 Å². The van der Waals surface area contributed by atoms with Crippen molar-refractivity contribution in [3.05, 3.63) is 12.2 Å². The van der Waals surface area contributed by atoms with E-state index in [0.29, 0.717) is 12.5 Å². The number of fused-ring (bicyclic) bond motifs is 1. The van der Waals surface area contributed by atoms with Crippen LogP contribution in [0, 0.1) is 17.3 Å². The maximum absolute atomic E-state index is 11.8. The maximum Gasteiger partial charge on any atom is 0.253 e. The average molecular weight is 261 g/mol. The van der Waals surface area contributed by atoms with Gasteiger partial charge in [0.15, 0.2) is 0 Å². The predicted molar refractivity (Wildman–Crippen MR) is 73.3 cm³/mol. The number of rotatable bonds is 2. The van der Waals surface area contributed by atoms with Crippen LogP contribution in [0.4, 0.5) is 0 Å². The normalized spacial score (nSPS) is 38.7. The number of carbonyl (C=O) groups excluding carboxylic acids is 2. The minimum absolute atomic E-state index is 0.121. The number of hydrogen-bond donors (Lipinski definition) is 0. The lowest BCUT2D eigenvalue weighted by molar-refractivity contribution is -0.140. The molecule has 0 aromatic rings. The zero-order valence-electron chi connectivity index (χ0n) is 11.7. The van der Waals surface area contributed by atoms with Gasteiger partial charge < -0.3 is 0 Å². The average Bonchev–Trinajstić information content (AvgIpc) is 2.71. The molecule has 3 aliphatic rings. The first-order valence-electron chi connectivity index (χ1n) is 7.64. The van der Waals surface area contributed by atoms with E-state index in [0.717, 1.165) is 12.3 Å². The standard InChI is InChI=1S/C16H23NO2/c1-16(11-17-14(18)8-9-15(17)19)10-4-6-12-5-2-3-7-13(12)16/h8-9,12-13H,2-7,10-11H2,1H3. The second-order valence-electron chi connectivity index (χ2n) is 6.79. The highest BCUT2D eigenvalue weighted by Crippen LogP contribution is 2.51. The second-order valence-corrected chi connectivity index (χ2v) is 6.79. The Morgan fingerprint density at radius 2 is 1.74 bits per heavy atom. The molecule has 2 aliphatic carbocycles. The van der Waals surface area contributed by atoms with E-state index in [1.807, 2.05) is 0 Å². The lowest BCUT2D eigenvalue weighted by Gasteiger charge is -2.49. The number of amides is 2. The van der Waals surface area contributed by atoms with Crippen molar-refractivity contribution in [2.24, 2.45) is 17.3 Å². The zero-order chi connectivity index (χ0) is 13.5. The van der Waals surface area contributed by atoms with Gasteiger partial charge in [0.25, 0.3) is 11.8 Å². The van der Waals surface area contributed by atoms with Crippen LogP contribution >= 0.6 is 0 Å². The molecule has 0 bridgehead atoms. The van der Waals surface area contributed by atoms with Gasteiger partial charge in [-0.2, -0.15) is 0 Å². The molecule has 0 radical (unpaired) electrons. The molecule has 1 heterocycles. The fraction of sp³-hybridized carbons (Fsp3) is 0.750. The predicted octanol–water partition coefficient (Wildman–Crippen LogP) is 2.91. The molecule has 3 unspecified atom stereocenters. The van der Waals surface area contributed by atoms with E-state index in [1.54, 1.807) is 0 Å². The van der Waals surface area contributed by atoms with Crippen LogP contribution in [0.1, 0.15) is 51.9 Å². The molecule has 0 aromatic carbocycles. The Morgan fingerprint density at radius 3 is 2.47 bits per heavy atom. The molecule has 3 rings (SSSR count). The zero-order valence-corrected chi connectivity index (χ0v) is 11.7. The van der Waals surface area contributed by atoms with Crippen molar-refractivity contribution in [2.75, 3.05) is 6.54 Å². The Labute approximate surface area is 115 Å². The SMILES string of the molecule is CC1(CN2C(=O)C=CC2=O)CCCC2CCCCC21. The van der Waals surface area contributed by atoms with Crippen LogP contribution in [-0.2, 0) is 9.59 Å². The summed E-state index contributed by atoms with van der Waals surface area (Å²) < 4.78 is 0. The van der Waals surface area contributed by atoms with Crippen molar-refractivity contribution in [3.8, 4) is 0 Å². The van der Waals surface area contributed by atoms with Crippen molar-refractivity contribution in [2.45, 2.75) is 51.9 Å². The van der Waals surface area contributed by atoms with Crippen LogP contribution in [0.25, 0.3) is 0 Å². The van der Waals surface area contributed by atoms with Crippen molar-refractivity contribution >= 4 is 11.8 Å². The number of hydrogen-bond acceptors (Lipinski definition) is 2. The third-order valence-electron chi connectivity index (χ3n) is 5.55. The Morgan fingerprint density at radius 1 is 1.11 bits per heavy atom. The fourth-order valence-electron chi connectivity index (χ4n) is 4.57. The number of nitrogens with zero attached hydrogens (tertiary/aromatic N) is 1. The lowest BCUT2D eigenvalue weighted by Crippen LogP contribution is -2.48. The van der Waals surface area contributed by atoms with E-state index >= 15 is 0 Å². The number of carbonyl (C=O) groups is 2. The van der Waals surface area contributed by atoms with Gasteiger partial charge in [0, 0.05) is 18.7 Å². The Balaban J connectivity index is 1.77. The molecule has 19 heavy (non-hydrogen) atoms. The first-order chi connectivity index (χ1) is 9.10. The number of imide groups is 1. The summed E-state index contributed by atoms with van der Waals surface area (Å²) in [5, 5.41) is 0. The topological polar surface area (TPSA) is 37.4 Å². The first-order valence-corrected chi connectivity index (χ1v) is 7.64. The Kier molecular flexibility index (Phi) is 3.23. The molecule has 3 heteroatoms. The third kappa shape index (κ3) is 2.24. The molecule has 104 valence electrons. The highest BCUT2D eigenvalue weighted by atomic mass is 16.2. The summed E-state index contributed by atoms with van der Waals surface area (Å²) in [5.74, 6) is 1.29. The minimum atomic E-state index is -0.121. The molecule has 0 N–H and O–H groups in total. The minimum Gasteiger partial charge on any atom is -0.275 e. The van der Waals surface area contributed by atoms with Crippen LogP contribution < -0.4 is 0 Å². The Hall–Kier alpha value is -1.12. The van der Waals surface area contributed by atoms with Gasteiger partial charge in [0.2, 0.25) is 0 Å². The quantitative estimate of drug-likeness (QED) is 0.717. The van der Waals surface area contributed by atoms with Gasteiger partial charge in [-0.1, -0.05) is 39.0 Å². The second kappa shape index (κ2) is 4.77. The lowest BCUT2D eigenvalue weighted by atomic mass is 9.58. The highest BCUT2D eigenvalue weighted by molar-refractivity contribution is 6.12. The fourth-order valence-corrected chi connectivity index (χ4v) is 4.57. The summed E-state index contributed by atoms with van der Waals surface area (Å²) in [7, 11) is 0. The van der Waals surface area contributed by atoms with Gasteiger partial charge in [-0.05, 0) is 30.1 Å². The smallest absolute Gasteiger partial charge is 0.253 e. The molecular weight excluding hydrogens is 238 g/mol. The molecular formula is C16H23NO2. The van der Waals surface area contributed by atoms with E-state index in [-0.39, 0.29) is 17.2 Å². The Bertz CT molecular complexity index is 408. The molecule has 2 saturated carbocycles. The summed E-state index contributed by atoms with van der Waals surface area (Å²) in [6.07, 6.45) is 11.9. The van der Waals surface area contributed by atoms with E-state index in [9.17, 15) is 9.59 Å². The van der Waals surface area contributed by atoms with Gasteiger partial charge in [0.05, 0.1) is 0 Å². The van der Waals surface area contributed by atoms with Crippen LogP contribution in [0.15, 0.2) is 12.2 Å². The van der Waals surface area contributed by atoms with E-state index in [4.69, 9.17) is 0 Å². The molecule has 3 atom stereocenters. The summed E-state index contributed by atoms with van der Waals surface area (Å²) in [5.41, 5.74) is 0.140. The van der Waals surface area contributed by atoms with E-state index < -0.39 is 0 Å². The summed E-state index contributed by atoms with van der Waals surface area (Å²) in [6, 6.07) is 0. The summed E-state index contributed by atoms with van der Waals surface area (Å²) in [4.78, 5) is 25.0. The van der Waals surface area contributed by atoms with Crippen LogP contribution in [0.3, 0.4) is 0 Å². The van der Waals surface area contributed by atoms with Crippen LogP contribution in [0.2, 0.25) is 0 Å². The molecule has 1 aliphatic heterocycles. The van der Waals surface area contributed by atoms with Crippen molar-refractivity contribution in [1.82, 2.24) is 4.90 Å². The molecule has 0 aromatic heterocycles. The molecule has 0 spiro atoms.